The lowest BCUT2D eigenvalue weighted by atomic mass is 10.2. The zero-order chi connectivity index (χ0) is 13.5. The molecule has 0 aromatic heterocycles. The van der Waals surface area contributed by atoms with Crippen LogP contribution >= 0.6 is 28.3 Å². The molecule has 106 valence electrons. The van der Waals surface area contributed by atoms with Crippen LogP contribution in [0, 0.1) is 5.82 Å². The van der Waals surface area contributed by atoms with Gasteiger partial charge in [-0.1, -0.05) is 22.0 Å². The molecular weight excluding hydrogens is 340 g/mol. The minimum Gasteiger partial charge on any atom is -0.350 e. The van der Waals surface area contributed by atoms with Crippen molar-refractivity contribution in [1.29, 1.82) is 0 Å². The van der Waals surface area contributed by atoms with Gasteiger partial charge in [0.1, 0.15) is 5.82 Å². The average Bonchev–Trinajstić information content (AvgIpc) is 2.34. The highest BCUT2D eigenvalue weighted by Crippen LogP contribution is 2.17. The Balaban J connectivity index is 0.00000324. The lowest BCUT2D eigenvalue weighted by Crippen LogP contribution is -2.39. The molecule has 0 aliphatic heterocycles. The van der Waals surface area contributed by atoms with Crippen LogP contribution in [-0.2, 0) is 16.1 Å². The Labute approximate surface area is 124 Å². The van der Waals surface area contributed by atoms with E-state index in [2.05, 4.69) is 26.6 Å². The molecule has 0 saturated carbocycles. The van der Waals surface area contributed by atoms with Crippen LogP contribution in [-0.4, -0.2) is 24.9 Å². The van der Waals surface area contributed by atoms with Crippen LogP contribution in [0.1, 0.15) is 5.56 Å². The van der Waals surface area contributed by atoms with Crippen molar-refractivity contribution >= 4 is 40.2 Å². The van der Waals surface area contributed by atoms with Crippen LogP contribution in [0.15, 0.2) is 22.7 Å². The Kier molecular flexibility index (Phi) is 8.29. The van der Waals surface area contributed by atoms with E-state index in [1.807, 2.05) is 0 Å². The largest absolute Gasteiger partial charge is 0.350 e. The highest BCUT2D eigenvalue weighted by atomic mass is 79.9. The first-order valence-corrected chi connectivity index (χ1v) is 5.99. The van der Waals surface area contributed by atoms with Crippen molar-refractivity contribution in [3.05, 3.63) is 34.1 Å². The van der Waals surface area contributed by atoms with Crippen LogP contribution in [0.5, 0.6) is 0 Å². The maximum Gasteiger partial charge on any atom is 0.239 e. The summed E-state index contributed by atoms with van der Waals surface area (Å²) >= 11 is 3.19. The topological polar surface area (TPSA) is 84.2 Å². The minimum atomic E-state index is -0.395. The second-order valence-corrected chi connectivity index (χ2v) is 4.35. The number of amides is 2. The third-order valence-electron chi connectivity index (χ3n) is 2.12. The Morgan fingerprint density at radius 3 is 2.53 bits per heavy atom. The molecule has 5 nitrogen and oxygen atoms in total. The van der Waals surface area contributed by atoms with Crippen LogP contribution in [0.3, 0.4) is 0 Å². The highest BCUT2D eigenvalue weighted by Gasteiger charge is 2.06. The monoisotopic (exact) mass is 353 g/mol. The van der Waals surface area contributed by atoms with Gasteiger partial charge in [-0.2, -0.15) is 0 Å². The fourth-order valence-corrected chi connectivity index (χ4v) is 1.66. The number of hydrogen-bond donors (Lipinski definition) is 3. The molecule has 2 amide bonds. The van der Waals surface area contributed by atoms with E-state index >= 15 is 0 Å². The van der Waals surface area contributed by atoms with Gasteiger partial charge in [0, 0.05) is 11.0 Å². The first kappa shape index (κ1) is 17.8. The van der Waals surface area contributed by atoms with E-state index in [0.717, 1.165) is 5.56 Å². The number of rotatable bonds is 5. The van der Waals surface area contributed by atoms with Crippen molar-refractivity contribution in [3.63, 3.8) is 0 Å². The smallest absolute Gasteiger partial charge is 0.239 e. The summed E-state index contributed by atoms with van der Waals surface area (Å²) < 4.78 is 13.4. The van der Waals surface area contributed by atoms with Gasteiger partial charge in [-0.05, 0) is 17.7 Å². The Morgan fingerprint density at radius 1 is 1.26 bits per heavy atom. The zero-order valence-corrected chi connectivity index (χ0v) is 12.3. The summed E-state index contributed by atoms with van der Waals surface area (Å²) in [7, 11) is 0. The van der Waals surface area contributed by atoms with Crippen molar-refractivity contribution in [3.8, 4) is 0 Å². The van der Waals surface area contributed by atoms with Crippen LogP contribution in [0.25, 0.3) is 0 Å². The van der Waals surface area contributed by atoms with Gasteiger partial charge in [0.15, 0.2) is 0 Å². The number of hydrogen-bond acceptors (Lipinski definition) is 3. The summed E-state index contributed by atoms with van der Waals surface area (Å²) in [5.74, 6) is -1.09. The molecule has 0 atom stereocenters. The maximum absolute atomic E-state index is 12.8. The normalized spacial score (nSPS) is 9.42. The molecule has 0 aliphatic carbocycles. The molecule has 0 saturated heterocycles. The third-order valence-corrected chi connectivity index (χ3v) is 2.86. The van der Waals surface area contributed by atoms with Crippen molar-refractivity contribution in [2.24, 2.45) is 5.73 Å². The highest BCUT2D eigenvalue weighted by molar-refractivity contribution is 9.10. The molecule has 0 spiro atoms. The number of nitrogens with one attached hydrogen (secondary N) is 2. The van der Waals surface area contributed by atoms with Crippen molar-refractivity contribution < 1.29 is 14.0 Å². The molecule has 0 aliphatic rings. The summed E-state index contributed by atoms with van der Waals surface area (Å²) in [6.45, 7) is -0.0379. The molecule has 8 heteroatoms. The fourth-order valence-electron chi connectivity index (χ4n) is 1.17. The van der Waals surface area contributed by atoms with Gasteiger partial charge in [-0.15, -0.1) is 12.4 Å². The SMILES string of the molecule is Cl.NCC(=O)NCC(=O)NCc1ccc(F)cc1Br. The first-order valence-electron chi connectivity index (χ1n) is 5.20. The van der Waals surface area contributed by atoms with Crippen LogP contribution in [0.2, 0.25) is 0 Å². The average molecular weight is 355 g/mol. The lowest BCUT2D eigenvalue weighted by molar-refractivity contribution is -0.125. The molecule has 1 rings (SSSR count). The second kappa shape index (κ2) is 8.84. The lowest BCUT2D eigenvalue weighted by Gasteiger charge is -2.08. The Morgan fingerprint density at radius 2 is 1.95 bits per heavy atom. The van der Waals surface area contributed by atoms with Gasteiger partial charge in [-0.25, -0.2) is 4.39 Å². The van der Waals surface area contributed by atoms with E-state index in [-0.39, 0.29) is 43.8 Å². The van der Waals surface area contributed by atoms with Crippen LogP contribution < -0.4 is 16.4 Å². The summed E-state index contributed by atoms with van der Waals surface area (Å²) in [4.78, 5) is 22.2. The molecule has 0 radical (unpaired) electrons. The quantitative estimate of drug-likeness (QED) is 0.728. The van der Waals surface area contributed by atoms with Crippen molar-refractivity contribution in [2.75, 3.05) is 13.1 Å². The van der Waals surface area contributed by atoms with E-state index in [4.69, 9.17) is 5.73 Å². The van der Waals surface area contributed by atoms with E-state index in [9.17, 15) is 14.0 Å². The predicted molar refractivity (Wildman–Crippen MR) is 75.3 cm³/mol. The second-order valence-electron chi connectivity index (χ2n) is 3.49. The van der Waals surface area contributed by atoms with E-state index in [1.54, 1.807) is 6.07 Å². The molecule has 19 heavy (non-hydrogen) atoms. The maximum atomic E-state index is 12.8. The Bertz CT molecular complexity index is 460. The van der Waals surface area contributed by atoms with Crippen LogP contribution in [0.4, 0.5) is 4.39 Å². The molecule has 4 N–H and O–H groups in total. The number of nitrogens with two attached hydrogens (primary N) is 1. The van der Waals surface area contributed by atoms with Gasteiger partial charge in [0.25, 0.3) is 0 Å². The number of halogens is 3. The van der Waals surface area contributed by atoms with Gasteiger partial charge >= 0.3 is 0 Å². The summed E-state index contributed by atoms with van der Waals surface area (Å²) in [5, 5.41) is 4.94. The predicted octanol–water partition coefficient (Wildman–Crippen LogP) is 0.701. The summed E-state index contributed by atoms with van der Waals surface area (Å²) in [6, 6.07) is 4.19. The first-order chi connectivity index (χ1) is 8.52. The fraction of sp³-hybridized carbons (Fsp3) is 0.273. The molecular formula is C11H14BrClFN3O2. The van der Waals surface area contributed by atoms with Crippen molar-refractivity contribution in [2.45, 2.75) is 6.54 Å². The molecule has 1 aromatic carbocycles. The summed E-state index contributed by atoms with van der Waals surface area (Å²) in [5.41, 5.74) is 5.82. The van der Waals surface area contributed by atoms with Crippen molar-refractivity contribution in [1.82, 2.24) is 10.6 Å². The Hall–Kier alpha value is -1.18. The zero-order valence-electron chi connectivity index (χ0n) is 9.91. The van der Waals surface area contributed by atoms with Gasteiger partial charge in [-0.3, -0.25) is 9.59 Å². The summed E-state index contributed by atoms with van der Waals surface area (Å²) in [6.07, 6.45) is 0. The molecule has 0 heterocycles. The molecule has 1 aromatic rings. The molecule has 0 fully saturated rings. The van der Waals surface area contributed by atoms with E-state index in [1.165, 1.54) is 12.1 Å². The van der Waals surface area contributed by atoms with Gasteiger partial charge in [0.2, 0.25) is 11.8 Å². The number of benzene rings is 1. The molecule has 0 bridgehead atoms. The van der Waals surface area contributed by atoms with E-state index in [0.29, 0.717) is 4.47 Å². The van der Waals surface area contributed by atoms with Gasteiger partial charge < -0.3 is 16.4 Å². The van der Waals surface area contributed by atoms with E-state index < -0.39 is 5.91 Å². The van der Waals surface area contributed by atoms with Gasteiger partial charge in [0.05, 0.1) is 13.1 Å². The minimum absolute atomic E-state index is 0. The third kappa shape index (κ3) is 6.51. The number of carbonyl (C=O) groups is 2. The molecule has 0 unspecified atom stereocenters. The standard InChI is InChI=1S/C11H13BrFN3O2.ClH/c12-9-3-8(13)2-1-7(9)5-15-11(18)6-16-10(17)4-14;/h1-3H,4-6,14H2,(H,15,18)(H,16,17);1H. The number of carbonyl (C=O) groups excluding carboxylic acids is 2.